The molecule has 0 unspecified atom stereocenters. The van der Waals surface area contributed by atoms with Crippen LogP contribution in [0.25, 0.3) is 0 Å². The number of methoxy groups -OCH3 is 1. The normalized spacial score (nSPS) is 10.2. The average molecular weight is 307 g/mol. The number of aromatic nitrogens is 1. The van der Waals surface area contributed by atoms with E-state index in [0.717, 1.165) is 0 Å². The van der Waals surface area contributed by atoms with Crippen molar-refractivity contribution in [1.29, 1.82) is 0 Å². The molecule has 2 aromatic rings. The first-order valence-electron chi connectivity index (χ1n) is 6.43. The molecule has 0 fully saturated rings. The van der Waals surface area contributed by atoms with Crippen molar-refractivity contribution in [1.82, 2.24) is 4.98 Å². The Hall–Kier alpha value is -2.28. The fourth-order valence-electron chi connectivity index (χ4n) is 1.80. The number of amides is 1. The Bertz CT molecular complexity index is 628. The summed E-state index contributed by atoms with van der Waals surface area (Å²) in [4.78, 5) is 16.0. The van der Waals surface area contributed by atoms with Crippen LogP contribution in [0.3, 0.4) is 0 Å². The van der Waals surface area contributed by atoms with E-state index >= 15 is 0 Å². The van der Waals surface area contributed by atoms with Gasteiger partial charge in [0.2, 0.25) is 5.91 Å². The highest BCUT2D eigenvalue weighted by molar-refractivity contribution is 7.13. The molecular formula is C14H17N3O3S. The van der Waals surface area contributed by atoms with E-state index < -0.39 is 0 Å². The van der Waals surface area contributed by atoms with Gasteiger partial charge in [0, 0.05) is 17.1 Å². The highest BCUT2D eigenvalue weighted by Gasteiger charge is 2.10. The molecule has 1 aromatic carbocycles. The number of nitrogens with zero attached hydrogens (tertiary/aromatic N) is 1. The van der Waals surface area contributed by atoms with Gasteiger partial charge < -0.3 is 20.5 Å². The van der Waals surface area contributed by atoms with Gasteiger partial charge in [-0.05, 0) is 19.1 Å². The Balaban J connectivity index is 2.04. The first kappa shape index (κ1) is 15.1. The summed E-state index contributed by atoms with van der Waals surface area (Å²) in [7, 11) is 1.57. The summed E-state index contributed by atoms with van der Waals surface area (Å²) in [5, 5.41) is 5.03. The van der Waals surface area contributed by atoms with E-state index in [4.69, 9.17) is 15.2 Å². The van der Waals surface area contributed by atoms with Crippen LogP contribution in [0.4, 0.5) is 10.8 Å². The number of nitrogens with two attached hydrogens (primary N) is 1. The third-order valence-corrected chi connectivity index (χ3v) is 3.38. The van der Waals surface area contributed by atoms with Crippen LogP contribution >= 0.6 is 11.3 Å². The van der Waals surface area contributed by atoms with E-state index in [9.17, 15) is 4.79 Å². The molecule has 0 saturated carbocycles. The molecule has 0 spiro atoms. The van der Waals surface area contributed by atoms with Crippen molar-refractivity contribution in [3.8, 4) is 11.5 Å². The number of carbonyl (C=O) groups is 1. The largest absolute Gasteiger partial charge is 0.493 e. The molecule has 1 amide bonds. The van der Waals surface area contributed by atoms with Crippen molar-refractivity contribution in [2.24, 2.45) is 0 Å². The van der Waals surface area contributed by atoms with Crippen molar-refractivity contribution in [2.45, 2.75) is 13.3 Å². The van der Waals surface area contributed by atoms with E-state index in [1.54, 1.807) is 30.7 Å². The Kier molecular flexibility index (Phi) is 4.99. The Morgan fingerprint density at radius 2 is 2.24 bits per heavy atom. The lowest BCUT2D eigenvalue weighted by atomic mass is 10.2. The molecule has 7 heteroatoms. The third-order valence-electron chi connectivity index (χ3n) is 2.66. The minimum Gasteiger partial charge on any atom is -0.493 e. The SMILES string of the molecule is CCOc1cc(NC(=O)Cc2csc(N)n2)ccc1OC. The molecule has 3 N–H and O–H groups in total. The van der Waals surface area contributed by atoms with Crippen LogP contribution in [0.5, 0.6) is 11.5 Å². The number of thiazole rings is 1. The van der Waals surface area contributed by atoms with Crippen molar-refractivity contribution < 1.29 is 14.3 Å². The van der Waals surface area contributed by atoms with Gasteiger partial charge in [0.1, 0.15) is 0 Å². The summed E-state index contributed by atoms with van der Waals surface area (Å²) < 4.78 is 10.7. The lowest BCUT2D eigenvalue weighted by Gasteiger charge is -2.11. The van der Waals surface area contributed by atoms with Gasteiger partial charge >= 0.3 is 0 Å². The number of anilines is 2. The standard InChI is InChI=1S/C14H17N3O3S/c1-3-20-12-6-9(4-5-11(12)19-2)16-13(18)7-10-8-21-14(15)17-10/h4-6,8H,3,7H2,1-2H3,(H2,15,17)(H,16,18). The quantitative estimate of drug-likeness (QED) is 0.855. The van der Waals surface area contributed by atoms with Crippen LogP contribution in [-0.4, -0.2) is 24.6 Å². The minimum atomic E-state index is -0.159. The topological polar surface area (TPSA) is 86.5 Å². The van der Waals surface area contributed by atoms with Crippen molar-refractivity contribution in [3.05, 3.63) is 29.3 Å². The first-order chi connectivity index (χ1) is 10.1. The van der Waals surface area contributed by atoms with E-state index in [-0.39, 0.29) is 12.3 Å². The molecule has 1 heterocycles. The number of nitrogen functional groups attached to an aromatic ring is 1. The van der Waals surface area contributed by atoms with Crippen LogP contribution < -0.4 is 20.5 Å². The smallest absolute Gasteiger partial charge is 0.230 e. The van der Waals surface area contributed by atoms with Gasteiger partial charge in [-0.2, -0.15) is 0 Å². The second-order valence-corrected chi connectivity index (χ2v) is 5.09. The predicted molar refractivity (Wildman–Crippen MR) is 83.0 cm³/mol. The highest BCUT2D eigenvalue weighted by atomic mass is 32.1. The summed E-state index contributed by atoms with van der Waals surface area (Å²) in [5.41, 5.74) is 6.84. The second-order valence-electron chi connectivity index (χ2n) is 4.20. The summed E-state index contributed by atoms with van der Waals surface area (Å²) >= 11 is 1.32. The van der Waals surface area contributed by atoms with E-state index in [1.165, 1.54) is 11.3 Å². The summed E-state index contributed by atoms with van der Waals surface area (Å²) in [6, 6.07) is 5.24. The molecule has 0 saturated heterocycles. The molecule has 6 nitrogen and oxygen atoms in total. The number of hydrogen-bond acceptors (Lipinski definition) is 6. The van der Waals surface area contributed by atoms with Crippen LogP contribution in [0, 0.1) is 0 Å². The Morgan fingerprint density at radius 3 is 2.86 bits per heavy atom. The zero-order valence-electron chi connectivity index (χ0n) is 11.9. The summed E-state index contributed by atoms with van der Waals surface area (Å²) in [6.07, 6.45) is 0.184. The molecule has 0 aliphatic carbocycles. The number of hydrogen-bond donors (Lipinski definition) is 2. The minimum absolute atomic E-state index is 0.159. The number of ether oxygens (including phenoxy) is 2. The summed E-state index contributed by atoms with van der Waals surface area (Å²) in [6.45, 7) is 2.41. The van der Waals surface area contributed by atoms with Gasteiger partial charge in [-0.1, -0.05) is 0 Å². The molecule has 0 bridgehead atoms. The zero-order valence-corrected chi connectivity index (χ0v) is 12.7. The molecular weight excluding hydrogens is 290 g/mol. The maximum atomic E-state index is 12.0. The maximum absolute atomic E-state index is 12.0. The monoisotopic (exact) mass is 307 g/mol. The van der Waals surface area contributed by atoms with Gasteiger partial charge in [-0.15, -0.1) is 11.3 Å². The molecule has 0 atom stereocenters. The first-order valence-corrected chi connectivity index (χ1v) is 7.31. The summed E-state index contributed by atoms with van der Waals surface area (Å²) in [5.74, 6) is 1.06. The van der Waals surface area contributed by atoms with E-state index in [1.807, 2.05) is 6.92 Å². The highest BCUT2D eigenvalue weighted by Crippen LogP contribution is 2.30. The fraction of sp³-hybridized carbons (Fsp3) is 0.286. The van der Waals surface area contributed by atoms with E-state index in [0.29, 0.717) is 34.6 Å². The van der Waals surface area contributed by atoms with Gasteiger partial charge in [0.05, 0.1) is 25.8 Å². The van der Waals surface area contributed by atoms with Crippen LogP contribution in [0.15, 0.2) is 23.6 Å². The van der Waals surface area contributed by atoms with Crippen molar-refractivity contribution >= 4 is 28.1 Å². The van der Waals surface area contributed by atoms with Crippen LogP contribution in [-0.2, 0) is 11.2 Å². The second kappa shape index (κ2) is 6.94. The molecule has 1 aromatic heterocycles. The van der Waals surface area contributed by atoms with Gasteiger partial charge in [0.25, 0.3) is 0 Å². The predicted octanol–water partition coefficient (Wildman–Crippen LogP) is 2.31. The lowest BCUT2D eigenvalue weighted by Crippen LogP contribution is -2.14. The number of carbonyl (C=O) groups excluding carboxylic acids is 1. The fourth-order valence-corrected chi connectivity index (χ4v) is 2.36. The molecule has 2 rings (SSSR count). The molecule has 21 heavy (non-hydrogen) atoms. The maximum Gasteiger partial charge on any atom is 0.230 e. The van der Waals surface area contributed by atoms with E-state index in [2.05, 4.69) is 10.3 Å². The van der Waals surface area contributed by atoms with Crippen LogP contribution in [0.1, 0.15) is 12.6 Å². The molecule has 0 aliphatic heterocycles. The lowest BCUT2D eigenvalue weighted by molar-refractivity contribution is -0.115. The Morgan fingerprint density at radius 1 is 1.43 bits per heavy atom. The molecule has 0 aliphatic rings. The number of benzene rings is 1. The molecule has 112 valence electrons. The third kappa shape index (κ3) is 4.09. The number of rotatable bonds is 6. The zero-order chi connectivity index (χ0) is 15.2. The van der Waals surface area contributed by atoms with Crippen molar-refractivity contribution in [2.75, 3.05) is 24.8 Å². The van der Waals surface area contributed by atoms with Gasteiger partial charge in [0.15, 0.2) is 16.6 Å². The molecule has 0 radical (unpaired) electrons. The average Bonchev–Trinajstić information content (AvgIpc) is 2.84. The van der Waals surface area contributed by atoms with Crippen molar-refractivity contribution in [3.63, 3.8) is 0 Å². The van der Waals surface area contributed by atoms with Gasteiger partial charge in [-0.3, -0.25) is 4.79 Å². The van der Waals surface area contributed by atoms with Crippen LogP contribution in [0.2, 0.25) is 0 Å². The number of nitrogens with one attached hydrogen (secondary N) is 1. The van der Waals surface area contributed by atoms with Gasteiger partial charge in [-0.25, -0.2) is 4.98 Å². The Labute approximate surface area is 126 Å².